The van der Waals surface area contributed by atoms with Gasteiger partial charge in [-0.1, -0.05) is 0 Å². The Morgan fingerprint density at radius 3 is 2.42 bits per heavy atom. The van der Waals surface area contributed by atoms with Crippen LogP contribution in [-0.2, 0) is 4.79 Å². The lowest BCUT2D eigenvalue weighted by Gasteiger charge is -2.59. The molecular formula is C9H12N2O. The molecule has 0 aliphatic carbocycles. The molecule has 1 amide bonds. The zero-order valence-electron chi connectivity index (χ0n) is 7.21. The molecule has 3 heteroatoms. The van der Waals surface area contributed by atoms with E-state index in [-0.39, 0.29) is 5.91 Å². The topological polar surface area (TPSA) is 23.6 Å². The van der Waals surface area contributed by atoms with Gasteiger partial charge in [-0.15, -0.1) is 6.42 Å². The van der Waals surface area contributed by atoms with Crippen LogP contribution in [0.15, 0.2) is 0 Å². The number of amides is 1. The van der Waals surface area contributed by atoms with Crippen molar-refractivity contribution in [1.82, 2.24) is 9.80 Å². The predicted molar refractivity (Wildman–Crippen MR) is 45.3 cm³/mol. The van der Waals surface area contributed by atoms with E-state index in [2.05, 4.69) is 17.9 Å². The third-order valence-electron chi connectivity index (χ3n) is 2.67. The van der Waals surface area contributed by atoms with Crippen molar-refractivity contribution < 1.29 is 4.79 Å². The standard InChI is InChI=1S/C9H12N2O/c1-3-8(12)11-6-9(7-11)4-10(2)5-9/h1H,4-7H2,2H3. The first kappa shape index (κ1) is 7.63. The molecule has 2 aliphatic rings. The molecule has 0 aromatic heterocycles. The second-order valence-electron chi connectivity index (χ2n) is 3.98. The number of carbonyl (C=O) groups is 1. The van der Waals surface area contributed by atoms with Gasteiger partial charge >= 0.3 is 0 Å². The van der Waals surface area contributed by atoms with E-state index in [0.717, 1.165) is 26.2 Å². The first-order chi connectivity index (χ1) is 5.65. The lowest BCUT2D eigenvalue weighted by Crippen LogP contribution is -2.71. The number of carbonyl (C=O) groups excluding carboxylic acids is 1. The van der Waals surface area contributed by atoms with Crippen LogP contribution in [0.3, 0.4) is 0 Å². The van der Waals surface area contributed by atoms with Crippen LogP contribution in [-0.4, -0.2) is 48.9 Å². The number of hydrogen-bond donors (Lipinski definition) is 0. The van der Waals surface area contributed by atoms with Gasteiger partial charge in [0.25, 0.3) is 5.91 Å². The molecule has 3 nitrogen and oxygen atoms in total. The van der Waals surface area contributed by atoms with Gasteiger partial charge in [0.05, 0.1) is 0 Å². The second kappa shape index (κ2) is 2.24. The minimum Gasteiger partial charge on any atom is -0.330 e. The van der Waals surface area contributed by atoms with Gasteiger partial charge in [-0.2, -0.15) is 0 Å². The van der Waals surface area contributed by atoms with E-state index >= 15 is 0 Å². The first-order valence-corrected chi connectivity index (χ1v) is 4.09. The summed E-state index contributed by atoms with van der Waals surface area (Å²) in [6, 6.07) is 0. The molecule has 0 bridgehead atoms. The fourth-order valence-corrected chi connectivity index (χ4v) is 2.30. The van der Waals surface area contributed by atoms with E-state index < -0.39 is 0 Å². The highest BCUT2D eigenvalue weighted by Gasteiger charge is 2.51. The molecule has 0 saturated carbocycles. The third kappa shape index (κ3) is 0.919. The largest absolute Gasteiger partial charge is 0.330 e. The zero-order valence-corrected chi connectivity index (χ0v) is 7.21. The molecule has 12 heavy (non-hydrogen) atoms. The van der Waals surface area contributed by atoms with Crippen molar-refractivity contribution in [3.63, 3.8) is 0 Å². The summed E-state index contributed by atoms with van der Waals surface area (Å²) >= 11 is 0. The van der Waals surface area contributed by atoms with Crippen LogP contribution < -0.4 is 0 Å². The lowest BCUT2D eigenvalue weighted by atomic mass is 9.73. The van der Waals surface area contributed by atoms with E-state index in [1.807, 2.05) is 0 Å². The number of hydrogen-bond acceptors (Lipinski definition) is 2. The summed E-state index contributed by atoms with van der Waals surface area (Å²) in [5, 5.41) is 0. The maximum Gasteiger partial charge on any atom is 0.298 e. The van der Waals surface area contributed by atoms with Crippen molar-refractivity contribution in [2.75, 3.05) is 33.2 Å². The number of likely N-dealkylation sites (tertiary alicyclic amines) is 2. The van der Waals surface area contributed by atoms with Gasteiger partial charge in [0, 0.05) is 31.6 Å². The predicted octanol–water partition coefficient (Wildman–Crippen LogP) is -0.606. The van der Waals surface area contributed by atoms with E-state index in [9.17, 15) is 4.79 Å². The SMILES string of the molecule is C#CC(=O)N1CC2(CN(C)C2)C1. The molecule has 0 atom stereocenters. The van der Waals surface area contributed by atoms with Crippen LogP contribution in [0.1, 0.15) is 0 Å². The van der Waals surface area contributed by atoms with E-state index in [1.165, 1.54) is 0 Å². The van der Waals surface area contributed by atoms with Gasteiger partial charge in [-0.3, -0.25) is 4.79 Å². The summed E-state index contributed by atoms with van der Waals surface area (Å²) in [5.41, 5.74) is 0.404. The number of terminal acetylenes is 1. The summed E-state index contributed by atoms with van der Waals surface area (Å²) < 4.78 is 0. The molecule has 64 valence electrons. The summed E-state index contributed by atoms with van der Waals surface area (Å²) in [4.78, 5) is 15.0. The molecule has 2 saturated heterocycles. The summed E-state index contributed by atoms with van der Waals surface area (Å²) in [6.07, 6.45) is 5.01. The van der Waals surface area contributed by atoms with Gasteiger partial charge in [-0.05, 0) is 13.0 Å². The minimum atomic E-state index is -0.157. The molecule has 0 radical (unpaired) electrons. The van der Waals surface area contributed by atoms with E-state index in [1.54, 1.807) is 4.90 Å². The van der Waals surface area contributed by atoms with Crippen molar-refractivity contribution in [3.8, 4) is 12.3 Å². The van der Waals surface area contributed by atoms with Gasteiger partial charge in [0.15, 0.2) is 0 Å². The first-order valence-electron chi connectivity index (χ1n) is 4.09. The molecule has 1 spiro atoms. The minimum absolute atomic E-state index is 0.157. The Kier molecular flexibility index (Phi) is 1.42. The van der Waals surface area contributed by atoms with Crippen LogP contribution in [0.2, 0.25) is 0 Å². The summed E-state index contributed by atoms with van der Waals surface area (Å²) in [5.74, 6) is 1.98. The third-order valence-corrected chi connectivity index (χ3v) is 2.67. The maximum absolute atomic E-state index is 11.0. The van der Waals surface area contributed by atoms with Crippen LogP contribution in [0.5, 0.6) is 0 Å². The van der Waals surface area contributed by atoms with Gasteiger partial charge < -0.3 is 9.80 Å². The summed E-state index contributed by atoms with van der Waals surface area (Å²) in [6.45, 7) is 3.95. The van der Waals surface area contributed by atoms with Crippen LogP contribution in [0.4, 0.5) is 0 Å². The van der Waals surface area contributed by atoms with Gasteiger partial charge in [0.2, 0.25) is 0 Å². The second-order valence-corrected chi connectivity index (χ2v) is 3.98. The van der Waals surface area contributed by atoms with Crippen molar-refractivity contribution in [3.05, 3.63) is 0 Å². The average molecular weight is 164 g/mol. The highest BCUT2D eigenvalue weighted by atomic mass is 16.2. The smallest absolute Gasteiger partial charge is 0.298 e. The summed E-state index contributed by atoms with van der Waals surface area (Å²) in [7, 11) is 2.09. The monoisotopic (exact) mass is 164 g/mol. The fourth-order valence-electron chi connectivity index (χ4n) is 2.30. The molecule has 2 fully saturated rings. The maximum atomic E-state index is 11.0. The molecule has 2 heterocycles. The molecule has 0 aromatic rings. The van der Waals surface area contributed by atoms with Crippen LogP contribution in [0, 0.1) is 17.8 Å². The number of nitrogens with zero attached hydrogens (tertiary/aromatic N) is 2. The van der Waals surface area contributed by atoms with Gasteiger partial charge in [0.1, 0.15) is 0 Å². The highest BCUT2D eigenvalue weighted by Crippen LogP contribution is 2.38. The molecule has 0 N–H and O–H groups in total. The Morgan fingerprint density at radius 1 is 1.42 bits per heavy atom. The Morgan fingerprint density at radius 2 is 2.00 bits per heavy atom. The van der Waals surface area contributed by atoms with Crippen molar-refractivity contribution in [2.45, 2.75) is 0 Å². The molecular weight excluding hydrogens is 152 g/mol. The molecule has 0 aromatic carbocycles. The van der Waals surface area contributed by atoms with Crippen LogP contribution >= 0.6 is 0 Å². The molecule has 2 rings (SSSR count). The molecule has 0 unspecified atom stereocenters. The quantitative estimate of drug-likeness (QED) is 0.446. The normalized spacial score (nSPS) is 25.8. The highest BCUT2D eigenvalue weighted by molar-refractivity contribution is 5.93. The zero-order chi connectivity index (χ0) is 8.77. The van der Waals surface area contributed by atoms with Crippen LogP contribution in [0.25, 0.3) is 0 Å². The lowest BCUT2D eigenvalue weighted by molar-refractivity contribution is -0.150. The fraction of sp³-hybridized carbons (Fsp3) is 0.667. The molecule has 2 aliphatic heterocycles. The van der Waals surface area contributed by atoms with E-state index in [0.29, 0.717) is 5.41 Å². The van der Waals surface area contributed by atoms with E-state index in [4.69, 9.17) is 6.42 Å². The van der Waals surface area contributed by atoms with Gasteiger partial charge in [-0.25, -0.2) is 0 Å². The Bertz CT molecular complexity index is 252. The Hall–Kier alpha value is -1.01. The van der Waals surface area contributed by atoms with Crippen molar-refractivity contribution in [2.24, 2.45) is 5.41 Å². The number of rotatable bonds is 0. The Balaban J connectivity index is 1.85. The van der Waals surface area contributed by atoms with Crippen molar-refractivity contribution >= 4 is 5.91 Å². The Labute approximate surface area is 72.3 Å². The average Bonchev–Trinajstić information content (AvgIpc) is 1.92. The van der Waals surface area contributed by atoms with Crippen molar-refractivity contribution in [1.29, 1.82) is 0 Å².